The zero-order valence-corrected chi connectivity index (χ0v) is 10.5. The van der Waals surface area contributed by atoms with Crippen LogP contribution in [0.4, 0.5) is 4.79 Å². The lowest BCUT2D eigenvalue weighted by atomic mass is 10.2. The Morgan fingerprint density at radius 1 is 1.33 bits per heavy atom. The van der Waals surface area contributed by atoms with Crippen LogP contribution in [0.1, 0.15) is 26.2 Å². The van der Waals surface area contributed by atoms with Gasteiger partial charge < -0.3 is 26.2 Å². The third-order valence-corrected chi connectivity index (χ3v) is 2.68. The summed E-state index contributed by atoms with van der Waals surface area (Å²) in [5, 5.41) is 26.0. The predicted octanol–water partition coefficient (Wildman–Crippen LogP) is -0.738. The van der Waals surface area contributed by atoms with Crippen LogP contribution in [0.2, 0.25) is 0 Å². The summed E-state index contributed by atoms with van der Waals surface area (Å²) in [7, 11) is 0. The van der Waals surface area contributed by atoms with Crippen LogP contribution in [0.3, 0.4) is 0 Å². The number of aliphatic hydroxyl groups excluding tert-OH is 1. The van der Waals surface area contributed by atoms with Crippen molar-refractivity contribution in [2.24, 2.45) is 0 Å². The fourth-order valence-electron chi connectivity index (χ4n) is 1.46. The summed E-state index contributed by atoms with van der Waals surface area (Å²) in [4.78, 5) is 22.1. The highest BCUT2D eigenvalue weighted by Gasteiger charge is 2.24. The number of amides is 2. The van der Waals surface area contributed by atoms with Crippen LogP contribution in [0, 0.1) is 0 Å². The highest BCUT2D eigenvalue weighted by Crippen LogP contribution is 2.18. The number of carboxylic acids is 1. The minimum absolute atomic E-state index is 0.470. The first kappa shape index (κ1) is 14.7. The molecule has 0 aromatic carbocycles. The fourth-order valence-corrected chi connectivity index (χ4v) is 1.46. The summed E-state index contributed by atoms with van der Waals surface area (Å²) in [6.45, 7) is 2.63. The Kier molecular flexibility index (Phi) is 5.87. The lowest BCUT2D eigenvalue weighted by molar-refractivity contribution is -0.141. The number of urea groups is 1. The third kappa shape index (κ3) is 5.83. The molecule has 0 heterocycles. The number of hydrogen-bond acceptors (Lipinski definition) is 4. The normalized spacial score (nSPS) is 17.9. The van der Waals surface area contributed by atoms with E-state index in [1.807, 2.05) is 0 Å². The highest BCUT2D eigenvalue weighted by atomic mass is 16.4. The van der Waals surface area contributed by atoms with Gasteiger partial charge in [-0.3, -0.25) is 0 Å². The lowest BCUT2D eigenvalue weighted by Gasteiger charge is -2.17. The summed E-state index contributed by atoms with van der Waals surface area (Å²) < 4.78 is 0. The molecule has 18 heavy (non-hydrogen) atoms. The van der Waals surface area contributed by atoms with Crippen LogP contribution in [0.15, 0.2) is 0 Å². The van der Waals surface area contributed by atoms with Gasteiger partial charge in [0, 0.05) is 12.6 Å². The minimum atomic E-state index is -1.28. The molecule has 0 bridgehead atoms. The number of aliphatic carboxylic acids is 1. The standard InChI is InChI=1S/C11H21N3O4/c1-7(15)9(10(16)17)14-11(18)13-6-2-5-12-8-3-4-8/h7-9,12,15H,2-6H2,1H3,(H,16,17)(H2,13,14,18). The highest BCUT2D eigenvalue weighted by molar-refractivity contribution is 5.82. The summed E-state index contributed by atoms with van der Waals surface area (Å²) in [5.41, 5.74) is 0. The van der Waals surface area contributed by atoms with Gasteiger partial charge in [-0.25, -0.2) is 9.59 Å². The Hall–Kier alpha value is -1.34. The van der Waals surface area contributed by atoms with Crippen LogP contribution < -0.4 is 16.0 Å². The van der Waals surface area contributed by atoms with Crippen LogP contribution >= 0.6 is 0 Å². The van der Waals surface area contributed by atoms with E-state index in [1.165, 1.54) is 19.8 Å². The first-order valence-electron chi connectivity index (χ1n) is 6.19. The molecule has 1 rings (SSSR count). The second-order valence-electron chi connectivity index (χ2n) is 4.54. The van der Waals surface area contributed by atoms with E-state index in [1.54, 1.807) is 0 Å². The molecule has 0 aliphatic heterocycles. The van der Waals surface area contributed by atoms with Gasteiger partial charge in [-0.15, -0.1) is 0 Å². The fraction of sp³-hybridized carbons (Fsp3) is 0.818. The smallest absolute Gasteiger partial charge is 0.328 e. The molecule has 1 aliphatic rings. The quantitative estimate of drug-likeness (QED) is 0.369. The van der Waals surface area contributed by atoms with Gasteiger partial charge in [0.25, 0.3) is 0 Å². The van der Waals surface area contributed by atoms with E-state index < -0.39 is 24.1 Å². The molecule has 1 fully saturated rings. The molecule has 0 aromatic rings. The maximum atomic E-state index is 11.4. The second-order valence-corrected chi connectivity index (χ2v) is 4.54. The molecule has 7 heteroatoms. The van der Waals surface area contributed by atoms with E-state index >= 15 is 0 Å². The largest absolute Gasteiger partial charge is 0.480 e. The van der Waals surface area contributed by atoms with Gasteiger partial charge >= 0.3 is 12.0 Å². The van der Waals surface area contributed by atoms with Crippen molar-refractivity contribution in [1.82, 2.24) is 16.0 Å². The molecule has 2 unspecified atom stereocenters. The van der Waals surface area contributed by atoms with Gasteiger partial charge in [-0.05, 0) is 32.7 Å². The first-order valence-corrected chi connectivity index (χ1v) is 6.19. The molecule has 104 valence electrons. The van der Waals surface area contributed by atoms with Gasteiger partial charge in [0.1, 0.15) is 0 Å². The van der Waals surface area contributed by atoms with Crippen molar-refractivity contribution >= 4 is 12.0 Å². The molecule has 0 radical (unpaired) electrons. The average molecular weight is 259 g/mol. The number of carbonyl (C=O) groups excluding carboxylic acids is 1. The van der Waals surface area contributed by atoms with E-state index in [9.17, 15) is 14.7 Å². The lowest BCUT2D eigenvalue weighted by Crippen LogP contribution is -2.51. The molecule has 0 spiro atoms. The molecule has 0 saturated heterocycles. The summed E-state index contributed by atoms with van der Waals surface area (Å²) in [6, 6.07) is -1.21. The Balaban J connectivity index is 2.08. The van der Waals surface area contributed by atoms with Crippen molar-refractivity contribution in [3.63, 3.8) is 0 Å². The molecular formula is C11H21N3O4. The third-order valence-electron chi connectivity index (χ3n) is 2.68. The van der Waals surface area contributed by atoms with Crippen LogP contribution in [-0.2, 0) is 4.79 Å². The van der Waals surface area contributed by atoms with Crippen molar-refractivity contribution in [2.45, 2.75) is 44.4 Å². The van der Waals surface area contributed by atoms with Crippen molar-refractivity contribution in [2.75, 3.05) is 13.1 Å². The Morgan fingerprint density at radius 2 is 2.00 bits per heavy atom. The predicted molar refractivity (Wildman–Crippen MR) is 65.3 cm³/mol. The zero-order valence-electron chi connectivity index (χ0n) is 10.5. The number of carboxylic acid groups (broad SMARTS) is 1. The number of hydrogen-bond donors (Lipinski definition) is 5. The summed E-state index contributed by atoms with van der Waals surface area (Å²) in [5.74, 6) is -1.25. The van der Waals surface area contributed by atoms with E-state index in [4.69, 9.17) is 5.11 Å². The van der Waals surface area contributed by atoms with Crippen LogP contribution in [-0.4, -0.2) is 53.5 Å². The molecule has 7 nitrogen and oxygen atoms in total. The zero-order chi connectivity index (χ0) is 13.5. The maximum Gasteiger partial charge on any atom is 0.328 e. The van der Waals surface area contributed by atoms with Gasteiger partial charge in [-0.1, -0.05) is 0 Å². The van der Waals surface area contributed by atoms with Gasteiger partial charge in [0.15, 0.2) is 6.04 Å². The molecular weight excluding hydrogens is 238 g/mol. The number of aliphatic hydroxyl groups is 1. The van der Waals surface area contributed by atoms with E-state index in [0.717, 1.165) is 13.0 Å². The second kappa shape index (κ2) is 7.17. The Bertz CT molecular complexity index is 292. The number of carbonyl (C=O) groups is 2. The first-order chi connectivity index (χ1) is 8.50. The van der Waals surface area contributed by atoms with Gasteiger partial charge in [-0.2, -0.15) is 0 Å². The number of nitrogens with one attached hydrogen (secondary N) is 3. The molecule has 0 aromatic heterocycles. The summed E-state index contributed by atoms with van der Waals surface area (Å²) >= 11 is 0. The van der Waals surface area contributed by atoms with Crippen molar-refractivity contribution in [3.8, 4) is 0 Å². The topological polar surface area (TPSA) is 111 Å². The van der Waals surface area contributed by atoms with E-state index in [2.05, 4.69) is 16.0 Å². The Morgan fingerprint density at radius 3 is 2.50 bits per heavy atom. The molecule has 5 N–H and O–H groups in total. The van der Waals surface area contributed by atoms with Crippen molar-refractivity contribution < 1.29 is 19.8 Å². The van der Waals surface area contributed by atoms with E-state index in [-0.39, 0.29) is 0 Å². The van der Waals surface area contributed by atoms with Crippen molar-refractivity contribution in [1.29, 1.82) is 0 Å². The maximum absolute atomic E-state index is 11.4. The molecule has 2 amide bonds. The van der Waals surface area contributed by atoms with Crippen molar-refractivity contribution in [3.05, 3.63) is 0 Å². The average Bonchev–Trinajstić information content (AvgIpc) is 3.08. The molecule has 1 saturated carbocycles. The molecule has 1 aliphatic carbocycles. The van der Waals surface area contributed by atoms with Gasteiger partial charge in [0.2, 0.25) is 0 Å². The summed E-state index contributed by atoms with van der Waals surface area (Å²) in [6.07, 6.45) is 2.10. The van der Waals surface area contributed by atoms with Crippen LogP contribution in [0.5, 0.6) is 0 Å². The minimum Gasteiger partial charge on any atom is -0.480 e. The van der Waals surface area contributed by atoms with E-state index in [0.29, 0.717) is 12.6 Å². The Labute approximate surface area is 106 Å². The number of rotatable bonds is 8. The van der Waals surface area contributed by atoms with Crippen LogP contribution in [0.25, 0.3) is 0 Å². The SMILES string of the molecule is CC(O)C(NC(=O)NCCCNC1CC1)C(=O)O. The monoisotopic (exact) mass is 259 g/mol. The van der Waals surface area contributed by atoms with Gasteiger partial charge in [0.05, 0.1) is 6.10 Å². The molecule has 2 atom stereocenters.